The van der Waals surface area contributed by atoms with Crippen molar-refractivity contribution >= 4 is 17.2 Å². The molecule has 0 unspecified atom stereocenters. The Morgan fingerprint density at radius 1 is 1.22 bits per heavy atom. The first kappa shape index (κ1) is 16.9. The molecule has 0 bridgehead atoms. The second-order valence-corrected chi connectivity index (χ2v) is 5.51. The van der Waals surface area contributed by atoms with Gasteiger partial charge in [-0.05, 0) is 36.2 Å². The maximum Gasteiger partial charge on any atom is 0.417 e. The third kappa shape index (κ3) is 4.77. The maximum atomic E-state index is 12.7. The first-order chi connectivity index (χ1) is 10.8. The topological polar surface area (TPSA) is 60.2 Å². The van der Waals surface area contributed by atoms with E-state index in [4.69, 9.17) is 10.5 Å². The van der Waals surface area contributed by atoms with Crippen LogP contribution in [0.25, 0.3) is 0 Å². The monoisotopic (exact) mass is 325 g/mol. The summed E-state index contributed by atoms with van der Waals surface area (Å²) in [6.45, 7) is 4.68. The molecule has 0 saturated heterocycles. The van der Waals surface area contributed by atoms with Crippen LogP contribution in [0.15, 0.2) is 36.5 Å². The Hall–Kier alpha value is -2.44. The molecule has 1 aromatic heterocycles. The highest BCUT2D eigenvalue weighted by Crippen LogP contribution is 2.33. The summed E-state index contributed by atoms with van der Waals surface area (Å²) in [6.07, 6.45) is -3.75. The standard InChI is InChI=1S/C16H18F3N3O/c1-10(2)9-23-13-5-3-12(4-6-13)22-14-7-11(16(17,18)19)8-21-15(14)20/h3-8,10,22H,9H2,1-2H3,(H2,20,21). The Morgan fingerprint density at radius 2 is 1.87 bits per heavy atom. The molecule has 0 atom stereocenters. The number of hydrogen-bond acceptors (Lipinski definition) is 4. The van der Waals surface area contributed by atoms with Crippen molar-refractivity contribution < 1.29 is 17.9 Å². The molecule has 2 rings (SSSR count). The zero-order valence-electron chi connectivity index (χ0n) is 12.8. The van der Waals surface area contributed by atoms with Gasteiger partial charge in [-0.25, -0.2) is 4.98 Å². The number of nitrogens with two attached hydrogens (primary N) is 1. The van der Waals surface area contributed by atoms with E-state index in [1.165, 1.54) is 0 Å². The maximum absolute atomic E-state index is 12.7. The lowest BCUT2D eigenvalue weighted by Crippen LogP contribution is -2.08. The Morgan fingerprint density at radius 3 is 2.43 bits per heavy atom. The molecule has 3 N–H and O–H groups in total. The van der Waals surface area contributed by atoms with Crippen molar-refractivity contribution in [2.75, 3.05) is 17.7 Å². The quantitative estimate of drug-likeness (QED) is 0.852. The first-order valence-corrected chi connectivity index (χ1v) is 7.08. The fourth-order valence-corrected chi connectivity index (χ4v) is 1.78. The third-order valence-electron chi connectivity index (χ3n) is 2.96. The van der Waals surface area contributed by atoms with Gasteiger partial charge in [-0.15, -0.1) is 0 Å². The van der Waals surface area contributed by atoms with Gasteiger partial charge in [0.2, 0.25) is 0 Å². The van der Waals surface area contributed by atoms with Gasteiger partial charge in [0.15, 0.2) is 0 Å². The average molecular weight is 325 g/mol. The fourth-order valence-electron chi connectivity index (χ4n) is 1.78. The van der Waals surface area contributed by atoms with E-state index in [9.17, 15) is 13.2 Å². The third-order valence-corrected chi connectivity index (χ3v) is 2.96. The number of benzene rings is 1. The minimum Gasteiger partial charge on any atom is -0.493 e. The number of ether oxygens (including phenoxy) is 1. The summed E-state index contributed by atoms with van der Waals surface area (Å²) in [6, 6.07) is 7.82. The van der Waals surface area contributed by atoms with Crippen LogP contribution in [0.2, 0.25) is 0 Å². The Labute approximate surface area is 132 Å². The molecule has 0 saturated carbocycles. The second kappa shape index (κ2) is 6.76. The fraction of sp³-hybridized carbons (Fsp3) is 0.312. The molecule has 23 heavy (non-hydrogen) atoms. The Kier molecular flexibility index (Phi) is 4.98. The molecule has 7 heteroatoms. The molecular formula is C16H18F3N3O. The number of hydrogen-bond donors (Lipinski definition) is 2. The lowest BCUT2D eigenvalue weighted by Gasteiger charge is -2.13. The summed E-state index contributed by atoms with van der Waals surface area (Å²) in [5, 5.41) is 2.83. The van der Waals surface area contributed by atoms with E-state index in [1.807, 2.05) is 13.8 Å². The predicted molar refractivity (Wildman–Crippen MR) is 83.7 cm³/mol. The Bertz CT molecular complexity index is 655. The summed E-state index contributed by atoms with van der Waals surface area (Å²) in [5.41, 5.74) is 5.47. The minimum atomic E-state index is -4.47. The van der Waals surface area contributed by atoms with E-state index in [-0.39, 0.29) is 11.5 Å². The lowest BCUT2D eigenvalue weighted by atomic mass is 10.2. The van der Waals surface area contributed by atoms with Gasteiger partial charge in [0, 0.05) is 11.9 Å². The number of rotatable bonds is 5. The summed E-state index contributed by atoms with van der Waals surface area (Å²) in [4.78, 5) is 3.58. The van der Waals surface area contributed by atoms with E-state index < -0.39 is 11.7 Å². The van der Waals surface area contributed by atoms with Crippen LogP contribution in [-0.2, 0) is 6.18 Å². The van der Waals surface area contributed by atoms with Crippen molar-refractivity contribution in [3.8, 4) is 5.75 Å². The van der Waals surface area contributed by atoms with Crippen molar-refractivity contribution in [3.63, 3.8) is 0 Å². The highest BCUT2D eigenvalue weighted by atomic mass is 19.4. The molecule has 1 heterocycles. The molecule has 0 spiro atoms. The van der Waals surface area contributed by atoms with Gasteiger partial charge < -0.3 is 15.8 Å². The van der Waals surface area contributed by atoms with Gasteiger partial charge >= 0.3 is 6.18 Å². The second-order valence-electron chi connectivity index (χ2n) is 5.51. The van der Waals surface area contributed by atoms with Crippen molar-refractivity contribution in [3.05, 3.63) is 42.1 Å². The largest absolute Gasteiger partial charge is 0.493 e. The van der Waals surface area contributed by atoms with Gasteiger partial charge in [0.05, 0.1) is 17.9 Å². The van der Waals surface area contributed by atoms with Crippen LogP contribution < -0.4 is 15.8 Å². The van der Waals surface area contributed by atoms with Crippen molar-refractivity contribution in [1.29, 1.82) is 0 Å². The number of pyridine rings is 1. The van der Waals surface area contributed by atoms with Crippen molar-refractivity contribution in [2.24, 2.45) is 5.92 Å². The van der Waals surface area contributed by atoms with Gasteiger partial charge in [-0.1, -0.05) is 13.8 Å². The van der Waals surface area contributed by atoms with Crippen molar-refractivity contribution in [2.45, 2.75) is 20.0 Å². The molecule has 1 aromatic carbocycles. The predicted octanol–water partition coefficient (Wildman–Crippen LogP) is 4.46. The molecule has 0 fully saturated rings. The van der Waals surface area contributed by atoms with Crippen LogP contribution in [0.5, 0.6) is 5.75 Å². The number of nitrogens with one attached hydrogen (secondary N) is 1. The molecule has 2 aromatic rings. The van der Waals surface area contributed by atoms with Crippen LogP contribution in [-0.4, -0.2) is 11.6 Å². The zero-order valence-corrected chi connectivity index (χ0v) is 12.8. The van der Waals surface area contributed by atoms with Gasteiger partial charge in [-0.3, -0.25) is 0 Å². The number of nitrogens with zero attached hydrogens (tertiary/aromatic N) is 1. The highest BCUT2D eigenvalue weighted by molar-refractivity contribution is 5.70. The smallest absolute Gasteiger partial charge is 0.417 e. The minimum absolute atomic E-state index is 0.00173. The number of halogens is 3. The molecule has 0 aliphatic rings. The molecule has 124 valence electrons. The highest BCUT2D eigenvalue weighted by Gasteiger charge is 2.31. The SMILES string of the molecule is CC(C)COc1ccc(Nc2cc(C(F)(F)F)cnc2N)cc1. The number of aromatic nitrogens is 1. The molecular weight excluding hydrogens is 307 g/mol. The van der Waals surface area contributed by atoms with Gasteiger partial charge in [0.1, 0.15) is 11.6 Å². The molecule has 0 aliphatic heterocycles. The lowest BCUT2D eigenvalue weighted by molar-refractivity contribution is -0.137. The summed E-state index contributed by atoms with van der Waals surface area (Å²) in [7, 11) is 0. The normalized spacial score (nSPS) is 11.6. The molecule has 0 radical (unpaired) electrons. The van der Waals surface area contributed by atoms with Crippen LogP contribution >= 0.6 is 0 Å². The van der Waals surface area contributed by atoms with E-state index in [1.54, 1.807) is 24.3 Å². The van der Waals surface area contributed by atoms with Crippen LogP contribution in [0.4, 0.5) is 30.4 Å². The first-order valence-electron chi connectivity index (χ1n) is 7.08. The average Bonchev–Trinajstić information content (AvgIpc) is 2.47. The molecule has 0 aliphatic carbocycles. The van der Waals surface area contributed by atoms with Crippen LogP contribution in [0, 0.1) is 5.92 Å². The number of anilines is 3. The molecule has 4 nitrogen and oxygen atoms in total. The Balaban J connectivity index is 2.13. The number of alkyl halides is 3. The summed E-state index contributed by atoms with van der Waals surface area (Å²) in [5.74, 6) is 1.10. The number of nitrogen functional groups attached to an aromatic ring is 1. The summed E-state index contributed by atoms with van der Waals surface area (Å²) >= 11 is 0. The van der Waals surface area contributed by atoms with Gasteiger partial charge in [-0.2, -0.15) is 13.2 Å². The van der Waals surface area contributed by atoms with E-state index in [0.717, 1.165) is 6.07 Å². The zero-order chi connectivity index (χ0) is 17.0. The van der Waals surface area contributed by atoms with E-state index >= 15 is 0 Å². The van der Waals surface area contributed by atoms with Crippen LogP contribution in [0.1, 0.15) is 19.4 Å². The van der Waals surface area contributed by atoms with E-state index in [0.29, 0.717) is 30.2 Å². The summed E-state index contributed by atoms with van der Waals surface area (Å²) < 4.78 is 43.7. The van der Waals surface area contributed by atoms with Gasteiger partial charge in [0.25, 0.3) is 0 Å². The molecule has 0 amide bonds. The van der Waals surface area contributed by atoms with Crippen LogP contribution in [0.3, 0.4) is 0 Å². The van der Waals surface area contributed by atoms with E-state index in [2.05, 4.69) is 10.3 Å². The van der Waals surface area contributed by atoms with Crippen molar-refractivity contribution in [1.82, 2.24) is 4.98 Å².